The van der Waals surface area contributed by atoms with Crippen LogP contribution in [0, 0.1) is 0 Å². The third-order valence-corrected chi connectivity index (χ3v) is 3.42. The normalized spacial score (nSPS) is 12.0. The molecule has 2 aromatic carbocycles. The molecule has 1 atom stereocenters. The summed E-state index contributed by atoms with van der Waals surface area (Å²) in [5, 5.41) is 5.43. The molecule has 2 rings (SSSR count). The van der Waals surface area contributed by atoms with E-state index < -0.39 is 23.6 Å². The second-order valence-corrected chi connectivity index (χ2v) is 6.68. The summed E-state index contributed by atoms with van der Waals surface area (Å²) < 4.78 is 10.5. The number of hydrogen-bond acceptors (Lipinski definition) is 4. The number of hydrogen-bond donors (Lipinski definition) is 2. The molecule has 138 valence electrons. The number of ether oxygens (including phenoxy) is 2. The minimum atomic E-state index is -0.907. The van der Waals surface area contributed by atoms with E-state index >= 15 is 0 Å². The number of carbonyl (C=O) groups is 2. The lowest BCUT2D eigenvalue weighted by atomic mass is 10.1. The van der Waals surface area contributed by atoms with Crippen LogP contribution >= 0.6 is 0 Å². The van der Waals surface area contributed by atoms with Crippen LogP contribution in [0.4, 0.5) is 10.5 Å². The summed E-state index contributed by atoms with van der Waals surface area (Å²) in [5.41, 5.74) is 0.502. The summed E-state index contributed by atoms with van der Waals surface area (Å²) in [4.78, 5) is 25.0. The number of alkyl carbamates (subject to hydrolysis) is 1. The van der Waals surface area contributed by atoms with Gasteiger partial charge in [-0.05, 0) is 38.5 Å². The predicted octanol–water partition coefficient (Wildman–Crippen LogP) is 3.90. The van der Waals surface area contributed by atoms with Crippen LogP contribution in [0.2, 0.25) is 0 Å². The van der Waals surface area contributed by atoms with E-state index in [1.54, 1.807) is 63.2 Å². The van der Waals surface area contributed by atoms with Gasteiger partial charge in [0, 0.05) is 0 Å². The van der Waals surface area contributed by atoms with Crippen molar-refractivity contribution in [3.63, 3.8) is 0 Å². The van der Waals surface area contributed by atoms with Crippen molar-refractivity contribution in [3.05, 3.63) is 60.2 Å². The molecule has 0 radical (unpaired) electrons. The highest BCUT2D eigenvalue weighted by Gasteiger charge is 2.26. The van der Waals surface area contributed by atoms with Gasteiger partial charge in [-0.25, -0.2) is 4.79 Å². The van der Waals surface area contributed by atoms with E-state index in [0.717, 1.165) is 0 Å². The molecule has 0 aliphatic heterocycles. The standard InChI is InChI=1S/C20H24N2O4/c1-20(2,3)26-19(24)22-17(14-10-6-5-7-11-14)18(23)21-15-12-8-9-13-16(15)25-4/h5-13,17H,1-4H3,(H,21,23)(H,22,24). The number of rotatable bonds is 5. The van der Waals surface area contributed by atoms with Crippen molar-refractivity contribution in [1.82, 2.24) is 5.32 Å². The zero-order valence-corrected chi connectivity index (χ0v) is 15.4. The maximum Gasteiger partial charge on any atom is 0.408 e. The van der Waals surface area contributed by atoms with Crippen LogP contribution in [-0.2, 0) is 9.53 Å². The molecule has 0 saturated carbocycles. The summed E-state index contributed by atoms with van der Waals surface area (Å²) in [6, 6.07) is 15.1. The van der Waals surface area contributed by atoms with E-state index in [1.807, 2.05) is 12.1 Å². The average Bonchev–Trinajstić information content (AvgIpc) is 2.59. The summed E-state index contributed by atoms with van der Waals surface area (Å²) >= 11 is 0. The smallest absolute Gasteiger partial charge is 0.408 e. The molecule has 6 nitrogen and oxygen atoms in total. The first-order valence-electron chi connectivity index (χ1n) is 8.28. The summed E-state index contributed by atoms with van der Waals surface area (Å²) in [6.45, 7) is 5.29. The van der Waals surface area contributed by atoms with Crippen molar-refractivity contribution >= 4 is 17.7 Å². The molecule has 2 N–H and O–H groups in total. The van der Waals surface area contributed by atoms with Gasteiger partial charge in [0.15, 0.2) is 0 Å². The van der Waals surface area contributed by atoms with Gasteiger partial charge >= 0.3 is 6.09 Å². The zero-order valence-electron chi connectivity index (χ0n) is 15.4. The van der Waals surface area contributed by atoms with Gasteiger partial charge in [0.25, 0.3) is 5.91 Å². The van der Waals surface area contributed by atoms with Crippen molar-refractivity contribution in [3.8, 4) is 5.75 Å². The van der Waals surface area contributed by atoms with Gasteiger partial charge in [-0.15, -0.1) is 0 Å². The largest absolute Gasteiger partial charge is 0.495 e. The molecule has 2 aromatic rings. The lowest BCUT2D eigenvalue weighted by molar-refractivity contribution is -0.118. The van der Waals surface area contributed by atoms with E-state index in [0.29, 0.717) is 17.0 Å². The predicted molar refractivity (Wildman–Crippen MR) is 100 cm³/mol. The molecule has 0 saturated heterocycles. The number of carbonyl (C=O) groups excluding carboxylic acids is 2. The average molecular weight is 356 g/mol. The number of amides is 2. The maximum atomic E-state index is 12.8. The van der Waals surface area contributed by atoms with Crippen molar-refractivity contribution < 1.29 is 19.1 Å². The SMILES string of the molecule is COc1ccccc1NC(=O)C(NC(=O)OC(C)(C)C)c1ccccc1. The minimum absolute atomic E-state index is 0.397. The number of para-hydroxylation sites is 2. The Kier molecular flexibility index (Phi) is 6.22. The van der Waals surface area contributed by atoms with E-state index in [4.69, 9.17) is 9.47 Å². The van der Waals surface area contributed by atoms with E-state index in [1.165, 1.54) is 7.11 Å². The van der Waals surface area contributed by atoms with Gasteiger partial charge in [0.2, 0.25) is 0 Å². The van der Waals surface area contributed by atoms with Crippen LogP contribution < -0.4 is 15.4 Å². The molecular formula is C20H24N2O4. The van der Waals surface area contributed by atoms with Crippen molar-refractivity contribution in [2.24, 2.45) is 0 Å². The van der Waals surface area contributed by atoms with E-state index in [-0.39, 0.29) is 0 Å². The van der Waals surface area contributed by atoms with Crippen LogP contribution in [0.25, 0.3) is 0 Å². The Labute approximate surface area is 153 Å². The van der Waals surface area contributed by atoms with Gasteiger partial charge in [-0.3, -0.25) is 4.79 Å². The second-order valence-electron chi connectivity index (χ2n) is 6.68. The summed E-state index contributed by atoms with van der Waals surface area (Å²) in [6.07, 6.45) is -0.665. The van der Waals surface area contributed by atoms with Gasteiger partial charge < -0.3 is 20.1 Å². The molecule has 0 spiro atoms. The Morgan fingerprint density at radius 1 is 0.962 bits per heavy atom. The van der Waals surface area contributed by atoms with Crippen LogP contribution in [0.15, 0.2) is 54.6 Å². The van der Waals surface area contributed by atoms with Gasteiger partial charge in [-0.1, -0.05) is 42.5 Å². The Morgan fingerprint density at radius 3 is 2.19 bits per heavy atom. The first kappa shape index (κ1) is 19.3. The van der Waals surface area contributed by atoms with Crippen molar-refractivity contribution in [2.45, 2.75) is 32.4 Å². The van der Waals surface area contributed by atoms with Crippen molar-refractivity contribution in [1.29, 1.82) is 0 Å². The number of benzene rings is 2. The molecule has 0 bridgehead atoms. The summed E-state index contributed by atoms with van der Waals surface area (Å²) in [5.74, 6) is 0.136. The molecular weight excluding hydrogens is 332 g/mol. The van der Waals surface area contributed by atoms with Crippen LogP contribution in [0.3, 0.4) is 0 Å². The fourth-order valence-electron chi connectivity index (χ4n) is 2.32. The van der Waals surface area contributed by atoms with Gasteiger partial charge in [0.05, 0.1) is 12.8 Å². The molecule has 0 fully saturated rings. The molecule has 26 heavy (non-hydrogen) atoms. The highest BCUT2D eigenvalue weighted by molar-refractivity contribution is 5.98. The third-order valence-electron chi connectivity index (χ3n) is 3.42. The van der Waals surface area contributed by atoms with Crippen molar-refractivity contribution in [2.75, 3.05) is 12.4 Å². The minimum Gasteiger partial charge on any atom is -0.495 e. The Hall–Kier alpha value is -3.02. The van der Waals surface area contributed by atoms with E-state index in [2.05, 4.69) is 10.6 Å². The number of nitrogens with one attached hydrogen (secondary N) is 2. The second kappa shape index (κ2) is 8.38. The van der Waals surface area contributed by atoms with Gasteiger partial charge in [-0.2, -0.15) is 0 Å². The maximum absolute atomic E-state index is 12.8. The highest BCUT2D eigenvalue weighted by Crippen LogP contribution is 2.25. The molecule has 1 unspecified atom stereocenters. The molecule has 0 aromatic heterocycles. The topological polar surface area (TPSA) is 76.7 Å². The fourth-order valence-corrected chi connectivity index (χ4v) is 2.32. The quantitative estimate of drug-likeness (QED) is 0.852. The lowest BCUT2D eigenvalue weighted by Crippen LogP contribution is -2.40. The Balaban J connectivity index is 2.23. The highest BCUT2D eigenvalue weighted by atomic mass is 16.6. The first-order valence-corrected chi connectivity index (χ1v) is 8.28. The number of methoxy groups -OCH3 is 1. The first-order chi connectivity index (χ1) is 12.3. The molecule has 6 heteroatoms. The number of anilines is 1. The molecule has 0 heterocycles. The fraction of sp³-hybridized carbons (Fsp3) is 0.300. The Bertz CT molecular complexity index is 754. The summed E-state index contributed by atoms with van der Waals surface area (Å²) in [7, 11) is 1.53. The molecule has 0 aliphatic carbocycles. The van der Waals surface area contributed by atoms with Crippen LogP contribution in [0.1, 0.15) is 32.4 Å². The Morgan fingerprint density at radius 2 is 1.58 bits per heavy atom. The van der Waals surface area contributed by atoms with Crippen LogP contribution in [-0.4, -0.2) is 24.7 Å². The lowest BCUT2D eigenvalue weighted by Gasteiger charge is -2.23. The molecule has 0 aliphatic rings. The molecule has 2 amide bonds. The van der Waals surface area contributed by atoms with Crippen LogP contribution in [0.5, 0.6) is 5.75 Å². The van der Waals surface area contributed by atoms with Gasteiger partial charge in [0.1, 0.15) is 17.4 Å². The third kappa shape index (κ3) is 5.51. The monoisotopic (exact) mass is 356 g/mol. The zero-order chi connectivity index (χ0) is 19.2. The van der Waals surface area contributed by atoms with E-state index in [9.17, 15) is 9.59 Å².